The summed E-state index contributed by atoms with van der Waals surface area (Å²) < 4.78 is 17.9. The zero-order valence-corrected chi connectivity index (χ0v) is 14.5. The van der Waals surface area contributed by atoms with E-state index in [1.807, 2.05) is 6.08 Å². The molecule has 2 heterocycles. The second kappa shape index (κ2) is 6.33. The predicted molar refractivity (Wildman–Crippen MR) is 88.3 cm³/mol. The molecule has 2 aromatic rings. The Morgan fingerprint density at radius 1 is 1.38 bits per heavy atom. The van der Waals surface area contributed by atoms with Gasteiger partial charge in [0.05, 0.1) is 6.04 Å². The van der Waals surface area contributed by atoms with E-state index in [9.17, 15) is 4.39 Å². The molecule has 1 aliphatic rings. The van der Waals surface area contributed by atoms with Crippen LogP contribution in [-0.2, 0) is 0 Å². The fourth-order valence-corrected chi connectivity index (χ4v) is 3.35. The summed E-state index contributed by atoms with van der Waals surface area (Å²) in [5.74, 6) is 0.397. The fraction of sp³-hybridized carbons (Fsp3) is 0.154. The molecule has 1 atom stereocenters. The van der Waals surface area contributed by atoms with Gasteiger partial charge >= 0.3 is 0 Å². The van der Waals surface area contributed by atoms with Crippen LogP contribution in [0.3, 0.4) is 0 Å². The first kappa shape index (κ1) is 14.8. The molecular weight excluding hydrogens is 423 g/mol. The predicted octanol–water partition coefficient (Wildman–Crippen LogP) is 3.81. The highest BCUT2D eigenvalue weighted by Gasteiger charge is 2.21. The van der Waals surface area contributed by atoms with Crippen LogP contribution in [-0.4, -0.2) is 20.5 Å². The number of nitrogens with zero attached hydrogens (tertiary/aromatic N) is 3. The maximum absolute atomic E-state index is 13.2. The van der Waals surface area contributed by atoms with Gasteiger partial charge in [-0.05, 0) is 35.3 Å². The van der Waals surface area contributed by atoms with Gasteiger partial charge in [0.2, 0.25) is 0 Å². The molecule has 0 saturated heterocycles. The number of halogens is 3. The number of rotatable bonds is 3. The number of alkyl halides is 1. The monoisotopic (exact) mass is 430 g/mol. The van der Waals surface area contributed by atoms with Crippen LogP contribution in [0.5, 0.6) is 0 Å². The Hall–Kier alpha value is -1.12. The fourth-order valence-electron chi connectivity index (χ4n) is 1.96. The molecule has 21 heavy (non-hydrogen) atoms. The summed E-state index contributed by atoms with van der Waals surface area (Å²) in [5, 5.41) is 4.61. The van der Waals surface area contributed by atoms with Gasteiger partial charge in [-0.3, -0.25) is 4.99 Å². The maximum Gasteiger partial charge on any atom is 0.178 e. The number of benzene rings is 1. The Morgan fingerprint density at radius 3 is 2.90 bits per heavy atom. The van der Waals surface area contributed by atoms with Gasteiger partial charge in [0.25, 0.3) is 0 Å². The first-order valence-electron chi connectivity index (χ1n) is 6.01. The van der Waals surface area contributed by atoms with Gasteiger partial charge in [0.15, 0.2) is 10.8 Å². The van der Waals surface area contributed by atoms with Crippen LogP contribution in [0.4, 0.5) is 4.39 Å². The molecule has 0 radical (unpaired) electrons. The normalized spacial score (nSPS) is 18.0. The first-order chi connectivity index (χ1) is 10.2. The van der Waals surface area contributed by atoms with E-state index < -0.39 is 0 Å². The van der Waals surface area contributed by atoms with Crippen LogP contribution in [0.15, 0.2) is 45.8 Å². The lowest BCUT2D eigenvalue weighted by molar-refractivity contribution is 0.625. The van der Waals surface area contributed by atoms with Gasteiger partial charge in [0, 0.05) is 15.5 Å². The number of nitrogens with one attached hydrogen (secondary N) is 1. The molecule has 0 spiro atoms. The zero-order chi connectivity index (χ0) is 14.8. The molecule has 108 valence electrons. The highest BCUT2D eigenvalue weighted by atomic mass is 79.9. The molecule has 0 bridgehead atoms. The largest absolute Gasteiger partial charge is 0.341 e. The van der Waals surface area contributed by atoms with Crippen molar-refractivity contribution in [1.29, 1.82) is 0 Å². The van der Waals surface area contributed by atoms with E-state index >= 15 is 0 Å². The van der Waals surface area contributed by atoms with Crippen molar-refractivity contribution in [1.82, 2.24) is 14.7 Å². The van der Waals surface area contributed by atoms with Gasteiger partial charge in [-0.2, -0.15) is 4.37 Å². The number of hydrogen-bond acceptors (Lipinski definition) is 5. The second-order valence-corrected chi connectivity index (χ2v) is 6.48. The smallest absolute Gasteiger partial charge is 0.178 e. The van der Waals surface area contributed by atoms with Gasteiger partial charge in [-0.25, -0.2) is 9.37 Å². The van der Waals surface area contributed by atoms with Gasteiger partial charge in [-0.15, -0.1) is 0 Å². The lowest BCUT2D eigenvalue weighted by Gasteiger charge is -2.21. The van der Waals surface area contributed by atoms with Crippen molar-refractivity contribution in [2.24, 2.45) is 4.99 Å². The lowest BCUT2D eigenvalue weighted by atomic mass is 10.1. The third-order valence-corrected chi connectivity index (χ3v) is 4.86. The molecule has 3 rings (SSSR count). The number of hydrogen-bond donors (Lipinski definition) is 1. The summed E-state index contributed by atoms with van der Waals surface area (Å²) in [7, 11) is 0. The van der Waals surface area contributed by atoms with Crippen LogP contribution >= 0.6 is 43.4 Å². The Labute approximate surface area is 141 Å². The second-order valence-electron chi connectivity index (χ2n) is 4.29. The van der Waals surface area contributed by atoms with E-state index in [2.05, 4.69) is 51.5 Å². The van der Waals surface area contributed by atoms with Crippen LogP contribution < -0.4 is 5.32 Å². The molecule has 8 heteroatoms. The van der Waals surface area contributed by atoms with E-state index in [1.54, 1.807) is 6.07 Å². The molecule has 1 aromatic heterocycles. The number of allylic oxidation sites excluding steroid dienone is 1. The average Bonchev–Trinajstić information content (AvgIpc) is 3.01. The van der Waals surface area contributed by atoms with Crippen molar-refractivity contribution >= 4 is 49.2 Å². The highest BCUT2D eigenvalue weighted by Crippen LogP contribution is 2.31. The zero-order valence-electron chi connectivity index (χ0n) is 10.6. The lowest BCUT2D eigenvalue weighted by Crippen LogP contribution is -2.29. The van der Waals surface area contributed by atoms with Gasteiger partial charge < -0.3 is 5.32 Å². The summed E-state index contributed by atoms with van der Waals surface area (Å²) in [6, 6.07) is 4.41. The van der Waals surface area contributed by atoms with Crippen LogP contribution in [0.25, 0.3) is 0 Å². The highest BCUT2D eigenvalue weighted by molar-refractivity contribution is 9.10. The third kappa shape index (κ3) is 3.22. The van der Waals surface area contributed by atoms with E-state index in [0.717, 1.165) is 16.3 Å². The molecular formula is C13H9Br2FN4S. The summed E-state index contributed by atoms with van der Waals surface area (Å²) >= 11 is 8.12. The van der Waals surface area contributed by atoms with Crippen LogP contribution in [0.1, 0.15) is 16.6 Å². The first-order valence-corrected chi connectivity index (χ1v) is 8.69. The summed E-state index contributed by atoms with van der Waals surface area (Å²) in [5.41, 5.74) is 1.88. The summed E-state index contributed by atoms with van der Waals surface area (Å²) in [6.07, 6.45) is 3.50. The molecule has 0 amide bonds. The van der Waals surface area contributed by atoms with E-state index in [-0.39, 0.29) is 11.9 Å². The Morgan fingerprint density at radius 2 is 2.24 bits per heavy atom. The van der Waals surface area contributed by atoms with Crippen LogP contribution in [0.2, 0.25) is 0 Å². The van der Waals surface area contributed by atoms with E-state index in [0.29, 0.717) is 15.6 Å². The molecule has 0 saturated carbocycles. The third-order valence-electron chi connectivity index (χ3n) is 2.90. The minimum atomic E-state index is -0.280. The van der Waals surface area contributed by atoms with Crippen molar-refractivity contribution in [3.63, 3.8) is 0 Å². The summed E-state index contributed by atoms with van der Waals surface area (Å²) in [4.78, 5) is 8.82. The Bertz CT molecular complexity index is 715. The molecule has 0 fully saturated rings. The minimum absolute atomic E-state index is 0.201. The van der Waals surface area contributed by atoms with Crippen molar-refractivity contribution < 1.29 is 4.39 Å². The minimum Gasteiger partial charge on any atom is -0.341 e. The molecule has 1 unspecified atom stereocenters. The maximum atomic E-state index is 13.2. The topological polar surface area (TPSA) is 50.2 Å². The average molecular weight is 432 g/mol. The van der Waals surface area contributed by atoms with Gasteiger partial charge in [0.1, 0.15) is 12.1 Å². The van der Waals surface area contributed by atoms with Crippen molar-refractivity contribution in [3.05, 3.63) is 57.2 Å². The van der Waals surface area contributed by atoms with E-state index in [1.165, 1.54) is 30.0 Å². The quantitative estimate of drug-likeness (QED) is 0.751. The molecule has 1 aliphatic heterocycles. The van der Waals surface area contributed by atoms with Gasteiger partial charge in [-0.1, -0.05) is 37.9 Å². The summed E-state index contributed by atoms with van der Waals surface area (Å²) in [6.45, 7) is 0. The van der Waals surface area contributed by atoms with E-state index in [4.69, 9.17) is 0 Å². The molecule has 4 nitrogen and oxygen atoms in total. The SMILES string of the molecule is Fc1ccc(C2C=C(CBr)NC(c3ncns3)=N2)c(Br)c1. The standard InChI is InChI=1S/C13H9Br2FN4S/c14-5-8-4-11(9-2-1-7(16)3-10(9)15)20-12(19-8)13-17-6-18-21-13/h1-4,6,11H,5H2,(H,19,20). The Balaban J connectivity index is 2.02. The number of aliphatic imine (C=N–C) groups is 1. The molecule has 0 aliphatic carbocycles. The number of aromatic nitrogens is 2. The Kier molecular flexibility index (Phi) is 4.46. The molecule has 1 aromatic carbocycles. The van der Waals surface area contributed by atoms with Crippen LogP contribution in [0, 0.1) is 5.82 Å². The van der Waals surface area contributed by atoms with Crippen molar-refractivity contribution in [3.8, 4) is 0 Å². The molecule has 1 N–H and O–H groups in total. The number of amidine groups is 1. The van der Waals surface area contributed by atoms with Crippen molar-refractivity contribution in [2.45, 2.75) is 6.04 Å². The van der Waals surface area contributed by atoms with Crippen molar-refractivity contribution in [2.75, 3.05) is 5.33 Å².